The molecule has 2 aliphatic rings. The maximum Gasteiger partial charge on any atom is 0.243 e. The lowest BCUT2D eigenvalue weighted by Gasteiger charge is -2.42. The first kappa shape index (κ1) is 14.7. The molecule has 0 aromatic heterocycles. The second-order valence-electron chi connectivity index (χ2n) is 4.91. The van der Waals surface area contributed by atoms with Crippen molar-refractivity contribution in [3.8, 4) is 0 Å². The van der Waals surface area contributed by atoms with Gasteiger partial charge in [0.05, 0.1) is 11.5 Å². The molecule has 1 aromatic carbocycles. The molecule has 2 unspecified atom stereocenters. The van der Waals surface area contributed by atoms with Crippen LogP contribution in [0.25, 0.3) is 0 Å². The van der Waals surface area contributed by atoms with Crippen LogP contribution in [0.5, 0.6) is 0 Å². The van der Waals surface area contributed by atoms with Crippen molar-refractivity contribution in [2.24, 2.45) is 0 Å². The van der Waals surface area contributed by atoms with E-state index in [1.807, 2.05) is 11.8 Å². The van der Waals surface area contributed by atoms with E-state index in [9.17, 15) is 8.42 Å². The second-order valence-corrected chi connectivity index (χ2v) is 8.59. The molecule has 2 atom stereocenters. The van der Waals surface area contributed by atoms with Crippen molar-refractivity contribution in [2.75, 3.05) is 25.5 Å². The molecule has 2 saturated heterocycles. The van der Waals surface area contributed by atoms with E-state index in [1.165, 1.54) is 6.07 Å². The van der Waals surface area contributed by atoms with Gasteiger partial charge in [-0.1, -0.05) is 17.7 Å². The zero-order chi connectivity index (χ0) is 14.2. The van der Waals surface area contributed by atoms with Gasteiger partial charge in [-0.15, -0.1) is 0 Å². The van der Waals surface area contributed by atoms with Crippen LogP contribution in [0.15, 0.2) is 29.2 Å². The van der Waals surface area contributed by atoms with Crippen LogP contribution in [-0.2, 0) is 14.8 Å². The van der Waals surface area contributed by atoms with Crippen molar-refractivity contribution >= 4 is 33.4 Å². The zero-order valence-electron chi connectivity index (χ0n) is 10.9. The topological polar surface area (TPSA) is 46.6 Å². The molecule has 2 heterocycles. The molecule has 1 aromatic rings. The Morgan fingerprint density at radius 2 is 2.25 bits per heavy atom. The lowest BCUT2D eigenvalue weighted by atomic mass is 10.1. The molecule has 2 fully saturated rings. The molecule has 0 radical (unpaired) electrons. The van der Waals surface area contributed by atoms with E-state index in [-0.39, 0.29) is 16.2 Å². The standard InChI is InChI=1S/C13H16ClNO3S2/c14-10-2-1-3-11(8-10)20(16,17)15-5-7-19-13-9-18-6-4-12(13)15/h1-3,8,12-13H,4-7,9H2. The lowest BCUT2D eigenvalue weighted by molar-refractivity contribution is 0.0625. The average Bonchev–Trinajstić information content (AvgIpc) is 2.46. The van der Waals surface area contributed by atoms with Gasteiger partial charge in [0.25, 0.3) is 0 Å². The molecule has 3 rings (SSSR count). The molecular weight excluding hydrogens is 318 g/mol. The van der Waals surface area contributed by atoms with E-state index in [4.69, 9.17) is 16.3 Å². The molecule has 4 nitrogen and oxygen atoms in total. The fourth-order valence-electron chi connectivity index (χ4n) is 2.71. The summed E-state index contributed by atoms with van der Waals surface area (Å²) < 4.78 is 32.7. The third-order valence-corrected chi connectivity index (χ3v) is 7.14. The largest absolute Gasteiger partial charge is 0.380 e. The molecule has 0 saturated carbocycles. The van der Waals surface area contributed by atoms with Gasteiger partial charge in [0, 0.05) is 35.2 Å². The van der Waals surface area contributed by atoms with Crippen LogP contribution in [0, 0.1) is 0 Å². The van der Waals surface area contributed by atoms with Crippen LogP contribution < -0.4 is 0 Å². The molecule has 20 heavy (non-hydrogen) atoms. The van der Waals surface area contributed by atoms with Crippen molar-refractivity contribution < 1.29 is 13.2 Å². The van der Waals surface area contributed by atoms with Crippen LogP contribution in [0.1, 0.15) is 6.42 Å². The predicted molar refractivity (Wildman–Crippen MR) is 80.8 cm³/mol. The molecule has 110 valence electrons. The molecule has 0 aliphatic carbocycles. The van der Waals surface area contributed by atoms with Crippen molar-refractivity contribution in [3.63, 3.8) is 0 Å². The highest BCUT2D eigenvalue weighted by Gasteiger charge is 2.40. The minimum absolute atomic E-state index is 0.0338. The predicted octanol–water partition coefficient (Wildman–Crippen LogP) is 2.24. The van der Waals surface area contributed by atoms with Gasteiger partial charge >= 0.3 is 0 Å². The molecule has 0 bridgehead atoms. The van der Waals surface area contributed by atoms with Gasteiger partial charge in [0.1, 0.15) is 0 Å². The summed E-state index contributed by atoms with van der Waals surface area (Å²) in [6.07, 6.45) is 0.761. The third kappa shape index (κ3) is 2.72. The summed E-state index contributed by atoms with van der Waals surface area (Å²) in [7, 11) is -3.47. The van der Waals surface area contributed by atoms with E-state index >= 15 is 0 Å². The summed E-state index contributed by atoms with van der Waals surface area (Å²) in [6.45, 7) is 1.82. The Kier molecular flexibility index (Phi) is 4.29. The quantitative estimate of drug-likeness (QED) is 0.832. The minimum Gasteiger partial charge on any atom is -0.380 e. The molecule has 0 spiro atoms. The lowest BCUT2D eigenvalue weighted by Crippen LogP contribution is -2.54. The van der Waals surface area contributed by atoms with Crippen LogP contribution in [0.3, 0.4) is 0 Å². The average molecular weight is 334 g/mol. The Morgan fingerprint density at radius 3 is 3.05 bits per heavy atom. The Hall–Kier alpha value is -0.270. The van der Waals surface area contributed by atoms with E-state index < -0.39 is 10.0 Å². The smallest absolute Gasteiger partial charge is 0.243 e. The van der Waals surface area contributed by atoms with Gasteiger partial charge < -0.3 is 4.74 Å². The van der Waals surface area contributed by atoms with Gasteiger partial charge in [0.2, 0.25) is 10.0 Å². The molecule has 0 amide bonds. The van der Waals surface area contributed by atoms with Gasteiger partial charge in [-0.05, 0) is 24.6 Å². The summed E-state index contributed by atoms with van der Waals surface area (Å²) in [5.74, 6) is 0.810. The molecule has 2 aliphatic heterocycles. The van der Waals surface area contributed by atoms with Crippen LogP contribution >= 0.6 is 23.4 Å². The highest BCUT2D eigenvalue weighted by Crippen LogP contribution is 2.34. The number of hydrogen-bond donors (Lipinski definition) is 0. The number of fused-ring (bicyclic) bond motifs is 1. The zero-order valence-corrected chi connectivity index (χ0v) is 13.3. The first-order chi connectivity index (χ1) is 9.59. The first-order valence-electron chi connectivity index (χ1n) is 6.56. The van der Waals surface area contributed by atoms with Crippen LogP contribution in [0.4, 0.5) is 0 Å². The number of ether oxygens (including phenoxy) is 1. The van der Waals surface area contributed by atoms with Gasteiger partial charge in [0.15, 0.2) is 0 Å². The highest BCUT2D eigenvalue weighted by molar-refractivity contribution is 8.00. The number of rotatable bonds is 2. The van der Waals surface area contributed by atoms with E-state index in [0.717, 1.165) is 12.2 Å². The molecule has 0 N–H and O–H groups in total. The highest BCUT2D eigenvalue weighted by atomic mass is 35.5. The van der Waals surface area contributed by atoms with E-state index in [1.54, 1.807) is 22.5 Å². The maximum absolute atomic E-state index is 12.8. The van der Waals surface area contributed by atoms with Crippen LogP contribution in [-0.4, -0.2) is 49.5 Å². The Bertz CT molecular complexity index is 591. The Labute approximate surface area is 128 Å². The van der Waals surface area contributed by atoms with Gasteiger partial charge in [-0.25, -0.2) is 8.42 Å². The summed E-state index contributed by atoms with van der Waals surface area (Å²) >= 11 is 7.73. The normalized spacial score (nSPS) is 28.1. The number of thioether (sulfide) groups is 1. The van der Waals surface area contributed by atoms with Crippen molar-refractivity contribution in [1.29, 1.82) is 0 Å². The number of sulfonamides is 1. The van der Waals surface area contributed by atoms with Gasteiger partial charge in [-0.2, -0.15) is 16.1 Å². The van der Waals surface area contributed by atoms with Crippen molar-refractivity contribution in [3.05, 3.63) is 29.3 Å². The van der Waals surface area contributed by atoms with Crippen molar-refractivity contribution in [1.82, 2.24) is 4.31 Å². The third-order valence-electron chi connectivity index (χ3n) is 3.69. The summed E-state index contributed by atoms with van der Waals surface area (Å²) in [6, 6.07) is 6.52. The SMILES string of the molecule is O=S(=O)(c1cccc(Cl)c1)N1CCSC2COCCC21. The summed E-state index contributed by atoms with van der Waals surface area (Å²) in [5, 5.41) is 0.687. The minimum atomic E-state index is -3.47. The first-order valence-corrected chi connectivity index (χ1v) is 9.42. The molecular formula is C13H16ClNO3S2. The second kappa shape index (κ2) is 5.85. The van der Waals surface area contributed by atoms with Crippen molar-refractivity contribution in [2.45, 2.75) is 22.6 Å². The summed E-state index contributed by atoms with van der Waals surface area (Å²) in [4.78, 5) is 0.280. The van der Waals surface area contributed by atoms with E-state index in [0.29, 0.717) is 24.8 Å². The van der Waals surface area contributed by atoms with Crippen LogP contribution in [0.2, 0.25) is 5.02 Å². The van der Waals surface area contributed by atoms with E-state index in [2.05, 4.69) is 0 Å². The fraction of sp³-hybridized carbons (Fsp3) is 0.538. The Morgan fingerprint density at radius 1 is 1.40 bits per heavy atom. The Balaban J connectivity index is 1.93. The fourth-order valence-corrected chi connectivity index (χ4v) is 6.20. The monoisotopic (exact) mass is 333 g/mol. The maximum atomic E-state index is 12.8. The summed E-state index contributed by atoms with van der Waals surface area (Å²) in [5.41, 5.74) is 0. The number of halogens is 1. The van der Waals surface area contributed by atoms with Gasteiger partial charge in [-0.3, -0.25) is 0 Å². The number of nitrogens with zero attached hydrogens (tertiary/aromatic N) is 1. The molecule has 7 heteroatoms. The number of benzene rings is 1. The number of hydrogen-bond acceptors (Lipinski definition) is 4.